The Bertz CT molecular complexity index is 945. The maximum Gasteiger partial charge on any atom is 0.419 e. The number of aliphatic imine (C=N–C) groups is 1. The predicted octanol–water partition coefficient (Wildman–Crippen LogP) is 3.48. The summed E-state index contributed by atoms with van der Waals surface area (Å²) in [7, 11) is 0. The van der Waals surface area contributed by atoms with Gasteiger partial charge in [-0.3, -0.25) is 15.1 Å². The summed E-state index contributed by atoms with van der Waals surface area (Å²) in [4.78, 5) is 27.3. The number of carbonyl (C=O) groups excluding carboxylic acids is 2. The van der Waals surface area contributed by atoms with Gasteiger partial charge in [0.25, 0.3) is 5.92 Å². The molecular weight excluding hydrogens is 436 g/mol. The van der Waals surface area contributed by atoms with Gasteiger partial charge in [-0.1, -0.05) is 0 Å². The number of alkyl halides is 5. The highest BCUT2D eigenvalue weighted by Crippen LogP contribution is 2.58. The van der Waals surface area contributed by atoms with Gasteiger partial charge in [0, 0.05) is 11.3 Å². The molecule has 1 aliphatic carbocycles. The molecule has 1 amide bonds. The Morgan fingerprint density at radius 3 is 2.48 bits per heavy atom. The van der Waals surface area contributed by atoms with E-state index in [9.17, 15) is 35.9 Å². The van der Waals surface area contributed by atoms with Crippen LogP contribution in [0.25, 0.3) is 0 Å². The van der Waals surface area contributed by atoms with Gasteiger partial charge in [-0.25, -0.2) is 18.0 Å². The Hall–Kier alpha value is -2.83. The Morgan fingerprint density at radius 1 is 1.26 bits per heavy atom. The van der Waals surface area contributed by atoms with Crippen LogP contribution in [0.4, 0.5) is 36.8 Å². The van der Waals surface area contributed by atoms with E-state index >= 15 is 0 Å². The molecule has 0 spiro atoms. The van der Waals surface area contributed by atoms with E-state index in [1.54, 1.807) is 0 Å². The molecule has 0 unspecified atom stereocenters. The van der Waals surface area contributed by atoms with E-state index in [2.05, 4.69) is 9.73 Å². The molecule has 31 heavy (non-hydrogen) atoms. The van der Waals surface area contributed by atoms with Crippen LogP contribution < -0.4 is 11.1 Å². The lowest BCUT2D eigenvalue weighted by Gasteiger charge is -2.33. The van der Waals surface area contributed by atoms with Crippen molar-refractivity contribution in [2.45, 2.75) is 37.4 Å². The minimum Gasteiger partial charge on any atom is -0.385 e. The van der Waals surface area contributed by atoms with E-state index in [-0.39, 0.29) is 11.5 Å². The van der Waals surface area contributed by atoms with Crippen molar-refractivity contribution >= 4 is 23.6 Å². The fourth-order valence-corrected chi connectivity index (χ4v) is 3.11. The first-order chi connectivity index (χ1) is 14.2. The molecule has 0 radical (unpaired) electrons. The molecule has 0 aromatic heterocycles. The zero-order chi connectivity index (χ0) is 23.2. The Morgan fingerprint density at radius 2 is 1.90 bits per heavy atom. The van der Waals surface area contributed by atoms with Gasteiger partial charge in [-0.2, -0.15) is 13.2 Å². The van der Waals surface area contributed by atoms with E-state index in [0.717, 1.165) is 25.1 Å². The van der Waals surface area contributed by atoms with Crippen LogP contribution in [0.5, 0.6) is 0 Å². The molecule has 1 aromatic rings. The Balaban J connectivity index is 1.84. The van der Waals surface area contributed by atoms with Crippen molar-refractivity contribution in [1.82, 2.24) is 0 Å². The van der Waals surface area contributed by atoms with Gasteiger partial charge in [0.15, 0.2) is 11.0 Å². The molecule has 1 aliphatic heterocycles. The highest BCUT2D eigenvalue weighted by Gasteiger charge is 2.70. The summed E-state index contributed by atoms with van der Waals surface area (Å²) in [5, 5.41) is 1.93. The summed E-state index contributed by atoms with van der Waals surface area (Å²) in [5.41, 5.74) is -0.702. The summed E-state index contributed by atoms with van der Waals surface area (Å²) in [6.07, 6.45) is -7.49. The molecule has 0 bridgehead atoms. The van der Waals surface area contributed by atoms with Crippen LogP contribution >= 0.6 is 0 Å². The van der Waals surface area contributed by atoms with E-state index < -0.39 is 72.6 Å². The first-order valence-corrected chi connectivity index (χ1v) is 8.92. The molecule has 1 atom stereocenters. The average molecular weight is 453 g/mol. The zero-order valence-electron chi connectivity index (χ0n) is 16.0. The second-order valence-electron chi connectivity index (χ2n) is 7.45. The van der Waals surface area contributed by atoms with Crippen LogP contribution in [-0.4, -0.2) is 43.2 Å². The molecule has 3 rings (SSSR count). The van der Waals surface area contributed by atoms with Gasteiger partial charge in [0.2, 0.25) is 0 Å². The number of halogens is 6. The van der Waals surface area contributed by atoms with Gasteiger partial charge in [-0.05, 0) is 38.0 Å². The van der Waals surface area contributed by atoms with E-state index in [1.165, 1.54) is 0 Å². The number of amidine groups is 1. The van der Waals surface area contributed by atoms with Crippen molar-refractivity contribution in [1.29, 1.82) is 0 Å². The average Bonchev–Trinajstić information content (AvgIpc) is 3.44. The largest absolute Gasteiger partial charge is 0.419 e. The number of nitrogens with one attached hydrogen (secondary N) is 1. The number of amides is 1. The molecule has 1 saturated carbocycles. The smallest absolute Gasteiger partial charge is 0.385 e. The van der Waals surface area contributed by atoms with Crippen molar-refractivity contribution in [3.63, 3.8) is 0 Å². The minimum absolute atomic E-state index is 0.315. The molecule has 3 N–H and O–H groups in total. The SMILES string of the molecule is C[C@]1(c2cc(NC(=O)OC(=O)C3(C(F)(F)F)CC3)ccc2F)N=C(N)COCC1(F)F. The lowest BCUT2D eigenvalue weighted by Crippen LogP contribution is -2.45. The van der Waals surface area contributed by atoms with Crippen LogP contribution in [0, 0.1) is 11.2 Å². The second kappa shape index (κ2) is 7.39. The van der Waals surface area contributed by atoms with Crippen molar-refractivity contribution in [3.05, 3.63) is 29.6 Å². The third-order valence-electron chi connectivity index (χ3n) is 5.22. The summed E-state index contributed by atoms with van der Waals surface area (Å²) < 4.78 is 91.5. The molecule has 7 nitrogen and oxygen atoms in total. The van der Waals surface area contributed by atoms with Crippen molar-refractivity contribution in [2.75, 3.05) is 18.5 Å². The normalized spacial score (nSPS) is 24.5. The lowest BCUT2D eigenvalue weighted by molar-refractivity contribution is -0.202. The van der Waals surface area contributed by atoms with Crippen LogP contribution in [0.2, 0.25) is 0 Å². The molecule has 0 saturated heterocycles. The summed E-state index contributed by atoms with van der Waals surface area (Å²) in [5.74, 6) is -6.90. The Labute approximate surface area is 171 Å². The molecule has 1 fully saturated rings. The number of benzene rings is 1. The number of ether oxygens (including phenoxy) is 2. The van der Waals surface area contributed by atoms with Crippen LogP contribution in [0.1, 0.15) is 25.3 Å². The number of esters is 1. The van der Waals surface area contributed by atoms with Crippen LogP contribution in [0.3, 0.4) is 0 Å². The van der Waals surface area contributed by atoms with Gasteiger partial charge in [0.1, 0.15) is 24.9 Å². The monoisotopic (exact) mass is 453 g/mol. The Kier molecular flexibility index (Phi) is 5.45. The zero-order valence-corrected chi connectivity index (χ0v) is 16.0. The number of hydrogen-bond acceptors (Lipinski definition) is 6. The molecular formula is C18H17F6N3O4. The topological polar surface area (TPSA) is 103 Å². The maximum absolute atomic E-state index is 14.7. The molecule has 13 heteroatoms. The van der Waals surface area contributed by atoms with Crippen LogP contribution in [0.15, 0.2) is 23.2 Å². The molecule has 1 aromatic carbocycles. The van der Waals surface area contributed by atoms with Crippen molar-refractivity contribution < 1.29 is 45.4 Å². The summed E-state index contributed by atoms with van der Waals surface area (Å²) in [6.45, 7) is -0.597. The third-order valence-corrected chi connectivity index (χ3v) is 5.22. The number of carbonyl (C=O) groups is 2. The minimum atomic E-state index is -4.88. The number of nitrogens with zero attached hydrogens (tertiary/aromatic N) is 1. The van der Waals surface area contributed by atoms with Gasteiger partial charge < -0.3 is 15.2 Å². The van der Waals surface area contributed by atoms with E-state index in [4.69, 9.17) is 10.5 Å². The molecule has 1 heterocycles. The van der Waals surface area contributed by atoms with Gasteiger partial charge >= 0.3 is 18.2 Å². The molecule has 2 aliphatic rings. The van der Waals surface area contributed by atoms with Crippen LogP contribution in [-0.2, 0) is 19.8 Å². The van der Waals surface area contributed by atoms with Crippen molar-refractivity contribution in [3.8, 4) is 0 Å². The standard InChI is InChI=1S/C18H17F6N3O4/c1-15(17(20,21)8-30-7-12(25)27-15)10-6-9(2-3-11(10)19)26-14(29)31-13(28)16(4-5-16)18(22,23)24/h2-3,6H,4-5,7-8H2,1H3,(H2,25,27)(H,26,29)/t15-/m1/s1. The fraction of sp³-hybridized carbons (Fsp3) is 0.500. The quantitative estimate of drug-likeness (QED) is 0.415. The highest BCUT2D eigenvalue weighted by molar-refractivity contribution is 5.96. The van der Waals surface area contributed by atoms with E-state index in [0.29, 0.717) is 0 Å². The summed E-state index contributed by atoms with van der Waals surface area (Å²) in [6, 6.07) is 2.49. The highest BCUT2D eigenvalue weighted by atomic mass is 19.4. The van der Waals surface area contributed by atoms with Crippen molar-refractivity contribution in [2.24, 2.45) is 16.1 Å². The second-order valence-corrected chi connectivity index (χ2v) is 7.45. The first-order valence-electron chi connectivity index (χ1n) is 8.92. The lowest BCUT2D eigenvalue weighted by atomic mass is 9.85. The summed E-state index contributed by atoms with van der Waals surface area (Å²) >= 11 is 0. The first kappa shape index (κ1) is 22.8. The number of hydrogen-bond donors (Lipinski definition) is 2. The third kappa shape index (κ3) is 4.05. The molecule has 170 valence electrons. The number of nitrogens with two attached hydrogens (primary N) is 1. The van der Waals surface area contributed by atoms with Gasteiger partial charge in [0.05, 0.1) is 0 Å². The number of anilines is 1. The maximum atomic E-state index is 14.7. The van der Waals surface area contributed by atoms with E-state index in [1.807, 2.05) is 5.32 Å². The van der Waals surface area contributed by atoms with Gasteiger partial charge in [-0.15, -0.1) is 0 Å². The predicted molar refractivity (Wildman–Crippen MR) is 94.0 cm³/mol. The fourth-order valence-electron chi connectivity index (χ4n) is 3.11. The number of rotatable bonds is 3.